The summed E-state index contributed by atoms with van der Waals surface area (Å²) in [5.74, 6) is 0.803. The van der Waals surface area contributed by atoms with Crippen LogP contribution in [0, 0.1) is 0 Å². The lowest BCUT2D eigenvalue weighted by atomic mass is 10.3. The number of fused-ring (bicyclic) bond motifs is 1. The van der Waals surface area contributed by atoms with Crippen LogP contribution in [0.1, 0.15) is 0 Å². The standard InChI is InChI=1S/C9H7NO/c1-2-5-9-8(4-1)10-6-3-7-11-9/h1-7H. The minimum absolute atomic E-state index is 0.803. The lowest BCUT2D eigenvalue weighted by Crippen LogP contribution is -1.78. The molecule has 1 heterocycles. The van der Waals surface area contributed by atoms with E-state index in [-0.39, 0.29) is 0 Å². The number of hydrogen-bond donors (Lipinski definition) is 0. The summed E-state index contributed by atoms with van der Waals surface area (Å²) in [6.07, 6.45) is 5.10. The van der Waals surface area contributed by atoms with Gasteiger partial charge in [-0.05, 0) is 18.2 Å². The molecule has 0 saturated carbocycles. The Bertz CT molecular complexity index is 315. The van der Waals surface area contributed by atoms with Gasteiger partial charge in [0, 0.05) is 6.21 Å². The van der Waals surface area contributed by atoms with Crippen molar-refractivity contribution in [2.45, 2.75) is 0 Å². The van der Waals surface area contributed by atoms with Gasteiger partial charge in [0.25, 0.3) is 0 Å². The van der Waals surface area contributed by atoms with Crippen molar-refractivity contribution < 1.29 is 4.74 Å². The zero-order valence-corrected chi connectivity index (χ0v) is 5.90. The van der Waals surface area contributed by atoms with Crippen LogP contribution in [0.4, 0.5) is 5.69 Å². The summed E-state index contributed by atoms with van der Waals surface area (Å²) in [4.78, 5) is 4.15. The van der Waals surface area contributed by atoms with Crippen molar-refractivity contribution in [3.63, 3.8) is 0 Å². The molecule has 1 aliphatic rings. The molecule has 0 aromatic heterocycles. The highest BCUT2D eigenvalue weighted by molar-refractivity contribution is 5.76. The third-order valence-corrected chi connectivity index (χ3v) is 1.44. The number of allylic oxidation sites excluding steroid dienone is 1. The van der Waals surface area contributed by atoms with E-state index in [1.54, 1.807) is 18.6 Å². The summed E-state index contributed by atoms with van der Waals surface area (Å²) in [5.41, 5.74) is 0.873. The van der Waals surface area contributed by atoms with Crippen molar-refractivity contribution in [1.82, 2.24) is 0 Å². The Kier molecular flexibility index (Phi) is 1.44. The van der Waals surface area contributed by atoms with Gasteiger partial charge in [0.1, 0.15) is 5.69 Å². The number of aliphatic imine (C=N–C) groups is 1. The molecule has 1 aliphatic heterocycles. The summed E-state index contributed by atoms with van der Waals surface area (Å²) < 4.78 is 5.24. The first-order valence-corrected chi connectivity index (χ1v) is 3.42. The number of para-hydroxylation sites is 2. The van der Waals surface area contributed by atoms with E-state index in [1.807, 2.05) is 24.3 Å². The summed E-state index contributed by atoms with van der Waals surface area (Å²) in [5, 5.41) is 0. The van der Waals surface area contributed by atoms with Gasteiger partial charge in [0.2, 0.25) is 0 Å². The minimum atomic E-state index is 0.803. The fourth-order valence-electron chi connectivity index (χ4n) is 0.935. The molecule has 0 unspecified atom stereocenters. The van der Waals surface area contributed by atoms with Crippen LogP contribution in [-0.4, -0.2) is 6.21 Å². The second-order valence-corrected chi connectivity index (χ2v) is 2.19. The molecular weight excluding hydrogens is 138 g/mol. The molecule has 0 atom stereocenters. The second kappa shape index (κ2) is 2.58. The van der Waals surface area contributed by atoms with E-state index in [0.717, 1.165) is 11.4 Å². The fourth-order valence-corrected chi connectivity index (χ4v) is 0.935. The minimum Gasteiger partial charge on any atom is -0.463 e. The van der Waals surface area contributed by atoms with Gasteiger partial charge in [0.05, 0.1) is 6.26 Å². The van der Waals surface area contributed by atoms with Crippen molar-refractivity contribution >= 4 is 11.9 Å². The van der Waals surface area contributed by atoms with E-state index in [1.165, 1.54) is 0 Å². The Balaban J connectivity index is 2.52. The molecule has 11 heavy (non-hydrogen) atoms. The average molecular weight is 145 g/mol. The predicted octanol–water partition coefficient (Wildman–Crippen LogP) is 2.29. The van der Waals surface area contributed by atoms with E-state index in [9.17, 15) is 0 Å². The van der Waals surface area contributed by atoms with Gasteiger partial charge in [-0.15, -0.1) is 0 Å². The summed E-state index contributed by atoms with van der Waals surface area (Å²) in [6, 6.07) is 7.67. The normalized spacial score (nSPS) is 13.5. The average Bonchev–Trinajstić information content (AvgIpc) is 2.28. The highest BCUT2D eigenvalue weighted by Crippen LogP contribution is 2.27. The first-order chi connectivity index (χ1) is 5.47. The Labute approximate surface area is 64.8 Å². The lowest BCUT2D eigenvalue weighted by molar-refractivity contribution is 0.485. The van der Waals surface area contributed by atoms with Crippen molar-refractivity contribution in [3.8, 4) is 5.75 Å². The zero-order chi connectivity index (χ0) is 7.52. The van der Waals surface area contributed by atoms with E-state index in [4.69, 9.17) is 4.74 Å². The van der Waals surface area contributed by atoms with Gasteiger partial charge in [-0.3, -0.25) is 4.99 Å². The summed E-state index contributed by atoms with van der Waals surface area (Å²) >= 11 is 0. The number of rotatable bonds is 0. The monoisotopic (exact) mass is 145 g/mol. The maximum Gasteiger partial charge on any atom is 0.152 e. The van der Waals surface area contributed by atoms with Gasteiger partial charge in [-0.2, -0.15) is 0 Å². The molecule has 1 aromatic rings. The smallest absolute Gasteiger partial charge is 0.152 e. The molecule has 0 N–H and O–H groups in total. The maximum absolute atomic E-state index is 5.24. The van der Waals surface area contributed by atoms with Gasteiger partial charge < -0.3 is 4.74 Å². The Morgan fingerprint density at radius 1 is 1.18 bits per heavy atom. The molecule has 1 aromatic carbocycles. The maximum atomic E-state index is 5.24. The molecular formula is C9H7NO. The second-order valence-electron chi connectivity index (χ2n) is 2.19. The predicted molar refractivity (Wildman–Crippen MR) is 44.4 cm³/mol. The van der Waals surface area contributed by atoms with Crippen molar-refractivity contribution in [1.29, 1.82) is 0 Å². The highest BCUT2D eigenvalue weighted by atomic mass is 16.5. The third-order valence-electron chi connectivity index (χ3n) is 1.44. The van der Waals surface area contributed by atoms with Crippen LogP contribution in [0.15, 0.2) is 41.6 Å². The van der Waals surface area contributed by atoms with E-state index in [0.29, 0.717) is 0 Å². The van der Waals surface area contributed by atoms with Crippen LogP contribution in [0.25, 0.3) is 0 Å². The molecule has 0 radical (unpaired) electrons. The molecule has 0 spiro atoms. The van der Waals surface area contributed by atoms with Gasteiger partial charge in [-0.1, -0.05) is 12.1 Å². The molecule has 0 fully saturated rings. The first-order valence-electron chi connectivity index (χ1n) is 3.42. The molecule has 0 aliphatic carbocycles. The Morgan fingerprint density at radius 2 is 2.09 bits per heavy atom. The van der Waals surface area contributed by atoms with Crippen molar-refractivity contribution in [2.75, 3.05) is 0 Å². The van der Waals surface area contributed by atoms with Gasteiger partial charge in [-0.25, -0.2) is 0 Å². The van der Waals surface area contributed by atoms with Gasteiger partial charge >= 0.3 is 0 Å². The van der Waals surface area contributed by atoms with Crippen molar-refractivity contribution in [3.05, 3.63) is 36.6 Å². The van der Waals surface area contributed by atoms with E-state index < -0.39 is 0 Å². The molecule has 0 amide bonds. The summed E-state index contributed by atoms with van der Waals surface area (Å²) in [7, 11) is 0. The molecule has 2 heteroatoms. The topological polar surface area (TPSA) is 21.6 Å². The largest absolute Gasteiger partial charge is 0.463 e. The summed E-state index contributed by atoms with van der Waals surface area (Å²) in [6.45, 7) is 0. The molecule has 2 rings (SSSR count). The first kappa shape index (κ1) is 6.16. The number of ether oxygens (including phenoxy) is 1. The van der Waals surface area contributed by atoms with Gasteiger partial charge in [0.15, 0.2) is 5.75 Å². The van der Waals surface area contributed by atoms with Crippen LogP contribution in [-0.2, 0) is 0 Å². The Hall–Kier alpha value is -1.57. The molecule has 0 saturated heterocycles. The number of hydrogen-bond acceptors (Lipinski definition) is 2. The van der Waals surface area contributed by atoms with Crippen LogP contribution in [0.2, 0.25) is 0 Å². The number of nitrogens with zero attached hydrogens (tertiary/aromatic N) is 1. The molecule has 0 bridgehead atoms. The van der Waals surface area contributed by atoms with Crippen LogP contribution < -0.4 is 4.74 Å². The van der Waals surface area contributed by atoms with Crippen LogP contribution in [0.5, 0.6) is 5.75 Å². The van der Waals surface area contributed by atoms with Crippen LogP contribution >= 0.6 is 0 Å². The third kappa shape index (κ3) is 1.15. The van der Waals surface area contributed by atoms with Crippen molar-refractivity contribution in [2.24, 2.45) is 4.99 Å². The quantitative estimate of drug-likeness (QED) is 0.548. The Morgan fingerprint density at radius 3 is 3.09 bits per heavy atom. The SMILES string of the molecule is C1=COc2ccccc2N=C1. The lowest BCUT2D eigenvalue weighted by Gasteiger charge is -1.99. The fraction of sp³-hybridized carbons (Fsp3) is 0. The van der Waals surface area contributed by atoms with E-state index in [2.05, 4.69) is 4.99 Å². The zero-order valence-electron chi connectivity index (χ0n) is 5.90. The number of benzene rings is 1. The van der Waals surface area contributed by atoms with E-state index >= 15 is 0 Å². The molecule has 2 nitrogen and oxygen atoms in total. The highest BCUT2D eigenvalue weighted by Gasteiger charge is 1.99. The van der Waals surface area contributed by atoms with Crippen LogP contribution in [0.3, 0.4) is 0 Å². The molecule has 54 valence electrons.